The highest BCUT2D eigenvalue weighted by molar-refractivity contribution is 5.85. The molecular formula is C24H22F3N3O4. The Hall–Kier alpha value is -3.82. The Morgan fingerprint density at radius 3 is 2.71 bits per heavy atom. The summed E-state index contributed by atoms with van der Waals surface area (Å²) in [6.45, 7) is 2.53. The van der Waals surface area contributed by atoms with Gasteiger partial charge in [0.1, 0.15) is 5.82 Å². The van der Waals surface area contributed by atoms with Crippen molar-refractivity contribution in [2.24, 2.45) is 0 Å². The fourth-order valence-electron chi connectivity index (χ4n) is 3.82. The topological polar surface area (TPSA) is 82.5 Å². The number of carbonyl (C=O) groups excluding carboxylic acids is 1. The van der Waals surface area contributed by atoms with Crippen molar-refractivity contribution in [1.82, 2.24) is 14.9 Å². The van der Waals surface area contributed by atoms with E-state index in [1.165, 1.54) is 17.7 Å². The number of aromatic nitrogens is 2. The van der Waals surface area contributed by atoms with Gasteiger partial charge in [-0.25, -0.2) is 4.98 Å². The zero-order valence-electron chi connectivity index (χ0n) is 18.5. The first-order valence-corrected chi connectivity index (χ1v) is 10.6. The number of allylic oxidation sites excluding steroid dienone is 1. The van der Waals surface area contributed by atoms with Gasteiger partial charge in [-0.1, -0.05) is 6.07 Å². The van der Waals surface area contributed by atoms with E-state index in [-0.39, 0.29) is 29.0 Å². The quantitative estimate of drug-likeness (QED) is 0.588. The Kier molecular flexibility index (Phi) is 6.32. The number of nitrogens with one attached hydrogen (secondary N) is 1. The number of hydrogen-bond donors (Lipinski definition) is 1. The third-order valence-electron chi connectivity index (χ3n) is 5.44. The third kappa shape index (κ3) is 4.61. The van der Waals surface area contributed by atoms with Crippen molar-refractivity contribution in [2.75, 3.05) is 20.3 Å². The standard InChI is InChI=1S/C24H22F3N3O4/c1-3-28-21(31)13-34-19-7-4-14(11-20(19)33-2)10-15-8-9-30-22(15)29-18-12-16(24(25,26)27)5-6-17(18)23(30)32/h4-7,10-12H,3,8-9,13H2,1-2H3,(H,28,31)/b15-10+. The maximum atomic E-state index is 13.1. The van der Waals surface area contributed by atoms with Gasteiger partial charge < -0.3 is 14.8 Å². The van der Waals surface area contributed by atoms with E-state index in [1.807, 2.05) is 6.92 Å². The number of alkyl halides is 3. The first-order chi connectivity index (χ1) is 16.2. The monoisotopic (exact) mass is 473 g/mol. The van der Waals surface area contributed by atoms with Crippen molar-refractivity contribution in [3.8, 4) is 11.5 Å². The molecule has 4 rings (SSSR count). The van der Waals surface area contributed by atoms with Crippen LogP contribution in [-0.4, -0.2) is 35.7 Å². The lowest BCUT2D eigenvalue weighted by Gasteiger charge is -2.11. The van der Waals surface area contributed by atoms with Gasteiger partial charge in [-0.2, -0.15) is 13.2 Å². The number of halogens is 3. The second-order valence-electron chi connectivity index (χ2n) is 7.69. The second kappa shape index (κ2) is 9.20. The van der Waals surface area contributed by atoms with Crippen molar-refractivity contribution in [3.63, 3.8) is 0 Å². The van der Waals surface area contributed by atoms with Crippen molar-refractivity contribution < 1.29 is 27.4 Å². The van der Waals surface area contributed by atoms with Gasteiger partial charge >= 0.3 is 6.18 Å². The van der Waals surface area contributed by atoms with Crippen molar-refractivity contribution in [2.45, 2.75) is 26.1 Å². The fraction of sp³-hybridized carbons (Fsp3) is 0.292. The van der Waals surface area contributed by atoms with Crippen LogP contribution in [0, 0.1) is 0 Å². The highest BCUT2D eigenvalue weighted by atomic mass is 19.4. The van der Waals surface area contributed by atoms with Crippen LogP contribution in [0.25, 0.3) is 22.6 Å². The molecule has 0 saturated carbocycles. The van der Waals surface area contributed by atoms with Crippen LogP contribution in [-0.2, 0) is 17.5 Å². The number of fused-ring (bicyclic) bond motifs is 2. The molecule has 3 aromatic rings. The summed E-state index contributed by atoms with van der Waals surface area (Å²) in [4.78, 5) is 28.9. The molecule has 0 aliphatic carbocycles. The zero-order valence-corrected chi connectivity index (χ0v) is 18.5. The average molecular weight is 473 g/mol. The molecule has 0 unspecified atom stereocenters. The molecule has 0 spiro atoms. The van der Waals surface area contributed by atoms with Crippen LogP contribution >= 0.6 is 0 Å². The minimum atomic E-state index is -4.53. The SMILES string of the molecule is CCNC(=O)COc1ccc(/C=C2\CCn3c2nc2cc(C(F)(F)F)ccc2c3=O)cc1OC. The molecule has 10 heteroatoms. The number of rotatable bonds is 6. The summed E-state index contributed by atoms with van der Waals surface area (Å²) in [5.41, 5.74) is 0.223. The first kappa shape index (κ1) is 23.3. The minimum absolute atomic E-state index is 0.00515. The molecule has 7 nitrogen and oxygen atoms in total. The number of hydrogen-bond acceptors (Lipinski definition) is 5. The number of methoxy groups -OCH3 is 1. The van der Waals surface area contributed by atoms with Gasteiger partial charge in [-0.15, -0.1) is 0 Å². The molecular weight excluding hydrogens is 451 g/mol. The molecule has 2 aromatic carbocycles. The molecule has 1 aliphatic rings. The van der Waals surface area contributed by atoms with E-state index in [1.54, 1.807) is 24.3 Å². The molecule has 1 N–H and O–H groups in total. The Labute approximate surface area is 192 Å². The Morgan fingerprint density at radius 2 is 2.00 bits per heavy atom. The molecule has 0 saturated heterocycles. The zero-order chi connectivity index (χ0) is 24.5. The van der Waals surface area contributed by atoms with Crippen LogP contribution in [0.2, 0.25) is 0 Å². The largest absolute Gasteiger partial charge is 0.493 e. The minimum Gasteiger partial charge on any atom is -0.493 e. The van der Waals surface area contributed by atoms with Crippen LogP contribution in [0.5, 0.6) is 11.5 Å². The smallest absolute Gasteiger partial charge is 0.416 e. The summed E-state index contributed by atoms with van der Waals surface area (Å²) < 4.78 is 51.8. The van der Waals surface area contributed by atoms with Gasteiger partial charge in [-0.05, 0) is 60.9 Å². The highest BCUT2D eigenvalue weighted by Gasteiger charge is 2.31. The molecule has 1 aromatic heterocycles. The normalized spacial score (nSPS) is 14.3. The fourth-order valence-corrected chi connectivity index (χ4v) is 3.82. The molecule has 0 radical (unpaired) electrons. The maximum absolute atomic E-state index is 13.1. The number of benzene rings is 2. The first-order valence-electron chi connectivity index (χ1n) is 10.6. The van der Waals surface area contributed by atoms with E-state index in [4.69, 9.17) is 9.47 Å². The van der Waals surface area contributed by atoms with Gasteiger partial charge in [0.2, 0.25) is 0 Å². The maximum Gasteiger partial charge on any atom is 0.416 e. The number of ether oxygens (including phenoxy) is 2. The molecule has 1 amide bonds. The van der Waals surface area contributed by atoms with Gasteiger partial charge in [0.15, 0.2) is 18.1 Å². The van der Waals surface area contributed by atoms with Crippen LogP contribution in [0.4, 0.5) is 13.2 Å². The van der Waals surface area contributed by atoms with Gasteiger partial charge in [0.05, 0.1) is 23.6 Å². The Balaban J connectivity index is 1.68. The van der Waals surface area contributed by atoms with Crippen molar-refractivity contribution in [3.05, 3.63) is 63.7 Å². The van der Waals surface area contributed by atoms with E-state index < -0.39 is 11.7 Å². The molecule has 1 aliphatic heterocycles. The van der Waals surface area contributed by atoms with Gasteiger partial charge in [-0.3, -0.25) is 14.2 Å². The predicted octanol–water partition coefficient (Wildman–Crippen LogP) is 3.88. The summed E-state index contributed by atoms with van der Waals surface area (Å²) in [6, 6.07) is 8.10. The average Bonchev–Trinajstić information content (AvgIpc) is 3.20. The van der Waals surface area contributed by atoms with Crippen molar-refractivity contribution >= 4 is 28.5 Å². The number of nitrogens with zero attached hydrogens (tertiary/aromatic N) is 2. The lowest BCUT2D eigenvalue weighted by atomic mass is 10.1. The summed E-state index contributed by atoms with van der Waals surface area (Å²) in [7, 11) is 1.47. The van der Waals surface area contributed by atoms with Crippen LogP contribution in [0.1, 0.15) is 30.3 Å². The predicted molar refractivity (Wildman–Crippen MR) is 121 cm³/mol. The van der Waals surface area contributed by atoms with Gasteiger partial charge in [0.25, 0.3) is 11.5 Å². The molecule has 0 atom stereocenters. The molecule has 178 valence electrons. The van der Waals surface area contributed by atoms with E-state index in [0.29, 0.717) is 36.8 Å². The molecule has 0 bridgehead atoms. The van der Waals surface area contributed by atoms with Crippen molar-refractivity contribution in [1.29, 1.82) is 0 Å². The number of amides is 1. The van der Waals surface area contributed by atoms with E-state index in [0.717, 1.165) is 23.3 Å². The van der Waals surface area contributed by atoms with E-state index >= 15 is 0 Å². The van der Waals surface area contributed by atoms with Crippen LogP contribution in [0.15, 0.2) is 41.2 Å². The summed E-state index contributed by atoms with van der Waals surface area (Å²) in [6.07, 6.45) is -2.22. The Morgan fingerprint density at radius 1 is 1.21 bits per heavy atom. The lowest BCUT2D eigenvalue weighted by Crippen LogP contribution is -2.28. The molecule has 34 heavy (non-hydrogen) atoms. The summed E-state index contributed by atoms with van der Waals surface area (Å²) in [5.74, 6) is 0.890. The summed E-state index contributed by atoms with van der Waals surface area (Å²) in [5, 5.41) is 2.79. The highest BCUT2D eigenvalue weighted by Crippen LogP contribution is 2.34. The lowest BCUT2D eigenvalue weighted by molar-refractivity contribution is -0.137. The van der Waals surface area contributed by atoms with Gasteiger partial charge in [0, 0.05) is 13.1 Å². The second-order valence-corrected chi connectivity index (χ2v) is 7.69. The van der Waals surface area contributed by atoms with E-state index in [9.17, 15) is 22.8 Å². The molecule has 0 fully saturated rings. The van der Waals surface area contributed by atoms with E-state index in [2.05, 4.69) is 10.3 Å². The number of likely N-dealkylation sites (N-methyl/N-ethyl adjacent to an activating group) is 1. The third-order valence-corrected chi connectivity index (χ3v) is 5.44. The summed E-state index contributed by atoms with van der Waals surface area (Å²) >= 11 is 0. The van der Waals surface area contributed by atoms with Crippen LogP contribution in [0.3, 0.4) is 0 Å². The Bertz CT molecular complexity index is 1350. The van der Waals surface area contributed by atoms with Crippen LogP contribution < -0.4 is 20.3 Å². The number of carbonyl (C=O) groups is 1. The molecule has 2 heterocycles.